The van der Waals surface area contributed by atoms with Gasteiger partial charge in [0.1, 0.15) is 5.15 Å². The van der Waals surface area contributed by atoms with Crippen molar-refractivity contribution in [2.24, 2.45) is 0 Å². The van der Waals surface area contributed by atoms with Crippen LogP contribution >= 0.6 is 22.9 Å². The van der Waals surface area contributed by atoms with Crippen LogP contribution in [0.15, 0.2) is 35.8 Å². The lowest BCUT2D eigenvalue weighted by Gasteiger charge is -2.24. The van der Waals surface area contributed by atoms with Gasteiger partial charge >= 0.3 is 0 Å². The van der Waals surface area contributed by atoms with Crippen molar-refractivity contribution in [1.29, 1.82) is 0 Å². The third-order valence-electron chi connectivity index (χ3n) is 3.09. The van der Waals surface area contributed by atoms with Gasteiger partial charge in [-0.2, -0.15) is 0 Å². The van der Waals surface area contributed by atoms with Crippen LogP contribution in [-0.4, -0.2) is 23.0 Å². The Bertz CT molecular complexity index is 484. The van der Waals surface area contributed by atoms with Crippen molar-refractivity contribution in [1.82, 2.24) is 9.88 Å². The van der Waals surface area contributed by atoms with Crippen LogP contribution in [0.5, 0.6) is 0 Å². The molecular formula is C14H17ClN2S. The van der Waals surface area contributed by atoms with Gasteiger partial charge in [0, 0.05) is 29.2 Å². The van der Waals surface area contributed by atoms with Crippen molar-refractivity contribution in [3.63, 3.8) is 0 Å². The SMILES string of the molecule is CC(Cc1cccs1)N(C)Cc1cccnc1Cl. The van der Waals surface area contributed by atoms with E-state index >= 15 is 0 Å². The summed E-state index contributed by atoms with van der Waals surface area (Å²) in [6, 6.07) is 8.74. The fourth-order valence-corrected chi connectivity index (χ4v) is 2.84. The van der Waals surface area contributed by atoms with Gasteiger partial charge in [-0.3, -0.25) is 4.90 Å². The minimum absolute atomic E-state index is 0.486. The number of rotatable bonds is 5. The smallest absolute Gasteiger partial charge is 0.133 e. The van der Waals surface area contributed by atoms with E-state index in [4.69, 9.17) is 11.6 Å². The molecule has 0 aliphatic heterocycles. The summed E-state index contributed by atoms with van der Waals surface area (Å²) in [5.41, 5.74) is 1.08. The molecule has 0 fully saturated rings. The molecule has 4 heteroatoms. The Morgan fingerprint density at radius 3 is 2.89 bits per heavy atom. The predicted octanol–water partition coefficient (Wildman–Crippen LogP) is 3.86. The zero-order chi connectivity index (χ0) is 13.0. The molecule has 2 aromatic rings. The van der Waals surface area contributed by atoms with Gasteiger partial charge in [-0.1, -0.05) is 23.7 Å². The van der Waals surface area contributed by atoms with E-state index < -0.39 is 0 Å². The van der Waals surface area contributed by atoms with Gasteiger partial charge in [-0.15, -0.1) is 11.3 Å². The summed E-state index contributed by atoms with van der Waals surface area (Å²) in [6.07, 6.45) is 2.80. The van der Waals surface area contributed by atoms with E-state index in [0.29, 0.717) is 11.2 Å². The largest absolute Gasteiger partial charge is 0.299 e. The summed E-state index contributed by atoms with van der Waals surface area (Å²) in [7, 11) is 2.13. The van der Waals surface area contributed by atoms with Crippen LogP contribution in [0.2, 0.25) is 5.15 Å². The minimum Gasteiger partial charge on any atom is -0.299 e. The van der Waals surface area contributed by atoms with Crippen LogP contribution < -0.4 is 0 Å². The normalized spacial score (nSPS) is 12.9. The van der Waals surface area contributed by atoms with Crippen LogP contribution in [0.3, 0.4) is 0 Å². The lowest BCUT2D eigenvalue weighted by atomic mass is 10.1. The number of pyridine rings is 1. The highest BCUT2D eigenvalue weighted by molar-refractivity contribution is 7.09. The maximum atomic E-state index is 6.08. The highest BCUT2D eigenvalue weighted by Gasteiger charge is 2.12. The maximum Gasteiger partial charge on any atom is 0.133 e. The van der Waals surface area contributed by atoms with E-state index in [2.05, 4.69) is 41.4 Å². The predicted molar refractivity (Wildman–Crippen MR) is 78.2 cm³/mol. The van der Waals surface area contributed by atoms with Crippen molar-refractivity contribution in [2.75, 3.05) is 7.05 Å². The lowest BCUT2D eigenvalue weighted by Crippen LogP contribution is -2.30. The summed E-state index contributed by atoms with van der Waals surface area (Å²) in [4.78, 5) is 7.84. The molecule has 0 spiro atoms. The topological polar surface area (TPSA) is 16.1 Å². The molecule has 1 unspecified atom stereocenters. The maximum absolute atomic E-state index is 6.08. The van der Waals surface area contributed by atoms with Crippen LogP contribution in [0.4, 0.5) is 0 Å². The first-order valence-corrected chi connectivity index (χ1v) is 7.24. The molecule has 1 atom stereocenters. The summed E-state index contributed by atoms with van der Waals surface area (Å²) >= 11 is 7.89. The molecule has 0 bridgehead atoms. The second-order valence-corrected chi connectivity index (χ2v) is 5.89. The number of hydrogen-bond donors (Lipinski definition) is 0. The van der Waals surface area contributed by atoms with Crippen molar-refractivity contribution >= 4 is 22.9 Å². The summed E-state index contributed by atoms with van der Waals surface area (Å²) in [6.45, 7) is 3.07. The van der Waals surface area contributed by atoms with Gasteiger partial charge in [0.05, 0.1) is 0 Å². The lowest BCUT2D eigenvalue weighted by molar-refractivity contribution is 0.249. The minimum atomic E-state index is 0.486. The Labute approximate surface area is 117 Å². The highest BCUT2D eigenvalue weighted by Crippen LogP contribution is 2.17. The molecule has 0 aromatic carbocycles. The zero-order valence-electron chi connectivity index (χ0n) is 10.6. The molecule has 2 rings (SSSR count). The molecule has 18 heavy (non-hydrogen) atoms. The number of aromatic nitrogens is 1. The van der Waals surface area contributed by atoms with Gasteiger partial charge in [0.25, 0.3) is 0 Å². The first-order chi connectivity index (χ1) is 8.66. The van der Waals surface area contributed by atoms with Crippen LogP contribution in [0.25, 0.3) is 0 Å². The van der Waals surface area contributed by atoms with Crippen molar-refractivity contribution < 1.29 is 0 Å². The third kappa shape index (κ3) is 3.55. The number of hydrogen-bond acceptors (Lipinski definition) is 3. The number of halogens is 1. The Kier molecular flexibility index (Phi) is 4.75. The molecule has 0 aliphatic rings. The van der Waals surface area contributed by atoms with Crippen LogP contribution in [0, 0.1) is 0 Å². The van der Waals surface area contributed by atoms with Gasteiger partial charge in [-0.05, 0) is 37.9 Å². The molecule has 0 amide bonds. The third-order valence-corrected chi connectivity index (χ3v) is 4.32. The van der Waals surface area contributed by atoms with Crippen LogP contribution in [-0.2, 0) is 13.0 Å². The van der Waals surface area contributed by atoms with Gasteiger partial charge in [0.2, 0.25) is 0 Å². The average Bonchev–Trinajstić information content (AvgIpc) is 2.84. The molecule has 0 saturated heterocycles. The van der Waals surface area contributed by atoms with E-state index in [0.717, 1.165) is 18.5 Å². The van der Waals surface area contributed by atoms with Crippen molar-refractivity contribution in [3.05, 3.63) is 51.4 Å². The van der Waals surface area contributed by atoms with Crippen LogP contribution in [0.1, 0.15) is 17.4 Å². The van der Waals surface area contributed by atoms with Gasteiger partial charge < -0.3 is 0 Å². The fraction of sp³-hybridized carbons (Fsp3) is 0.357. The standard InChI is InChI=1S/C14H17ClN2S/c1-11(9-13-6-4-8-18-13)17(2)10-12-5-3-7-16-14(12)15/h3-8,11H,9-10H2,1-2H3. The van der Waals surface area contributed by atoms with Crippen molar-refractivity contribution in [3.8, 4) is 0 Å². The summed E-state index contributed by atoms with van der Waals surface area (Å²) < 4.78 is 0. The van der Waals surface area contributed by atoms with E-state index in [1.807, 2.05) is 23.5 Å². The number of nitrogens with zero attached hydrogens (tertiary/aromatic N) is 2. The Balaban J connectivity index is 1.95. The molecular weight excluding hydrogens is 264 g/mol. The summed E-state index contributed by atoms with van der Waals surface area (Å²) in [5, 5.41) is 2.73. The second kappa shape index (κ2) is 6.32. The molecule has 0 saturated carbocycles. The first kappa shape index (κ1) is 13.5. The molecule has 0 radical (unpaired) electrons. The fourth-order valence-electron chi connectivity index (χ4n) is 1.84. The second-order valence-electron chi connectivity index (χ2n) is 4.50. The van der Waals surface area contributed by atoms with Crippen molar-refractivity contribution in [2.45, 2.75) is 25.9 Å². The van der Waals surface area contributed by atoms with Gasteiger partial charge in [0.15, 0.2) is 0 Å². The highest BCUT2D eigenvalue weighted by atomic mass is 35.5. The molecule has 2 aromatic heterocycles. The zero-order valence-corrected chi connectivity index (χ0v) is 12.2. The van der Waals surface area contributed by atoms with E-state index in [1.54, 1.807) is 6.20 Å². The quantitative estimate of drug-likeness (QED) is 0.773. The number of thiophene rings is 1. The Hall–Kier alpha value is -0.900. The monoisotopic (exact) mass is 280 g/mol. The van der Waals surface area contributed by atoms with E-state index in [9.17, 15) is 0 Å². The van der Waals surface area contributed by atoms with E-state index in [1.165, 1.54) is 4.88 Å². The molecule has 96 valence electrons. The Morgan fingerprint density at radius 2 is 2.22 bits per heavy atom. The molecule has 0 aliphatic carbocycles. The summed E-state index contributed by atoms with van der Waals surface area (Å²) in [5.74, 6) is 0. The average molecular weight is 281 g/mol. The van der Waals surface area contributed by atoms with E-state index in [-0.39, 0.29) is 0 Å². The first-order valence-electron chi connectivity index (χ1n) is 5.99. The number of likely N-dealkylation sites (N-methyl/N-ethyl adjacent to an activating group) is 1. The molecule has 2 nitrogen and oxygen atoms in total. The molecule has 2 heterocycles. The van der Waals surface area contributed by atoms with Gasteiger partial charge in [-0.25, -0.2) is 4.98 Å². The molecule has 0 N–H and O–H groups in total. The Morgan fingerprint density at radius 1 is 1.39 bits per heavy atom.